The van der Waals surface area contributed by atoms with Crippen molar-refractivity contribution in [2.24, 2.45) is 0 Å². The fourth-order valence-corrected chi connectivity index (χ4v) is 2.93. The molecule has 2 N–H and O–H groups in total. The predicted octanol–water partition coefficient (Wildman–Crippen LogP) is 2.36. The zero-order chi connectivity index (χ0) is 14.7. The van der Waals surface area contributed by atoms with E-state index < -0.39 is 0 Å². The van der Waals surface area contributed by atoms with Gasteiger partial charge in [0.1, 0.15) is 0 Å². The molecule has 0 radical (unpaired) electrons. The van der Waals surface area contributed by atoms with Crippen LogP contribution < -0.4 is 10.2 Å². The predicted molar refractivity (Wildman–Crippen MR) is 84.0 cm³/mol. The van der Waals surface area contributed by atoms with Crippen LogP contribution >= 0.6 is 11.3 Å². The highest BCUT2D eigenvalue weighted by Gasteiger charge is 2.17. The van der Waals surface area contributed by atoms with Crippen LogP contribution in [0.3, 0.4) is 0 Å². The summed E-state index contributed by atoms with van der Waals surface area (Å²) in [6.07, 6.45) is 3.08. The van der Waals surface area contributed by atoms with Gasteiger partial charge in [0.2, 0.25) is 0 Å². The molecule has 1 amide bonds. The summed E-state index contributed by atoms with van der Waals surface area (Å²) in [7, 11) is 0. The van der Waals surface area contributed by atoms with E-state index in [1.807, 2.05) is 29.6 Å². The van der Waals surface area contributed by atoms with Gasteiger partial charge in [0.05, 0.1) is 6.10 Å². The lowest BCUT2D eigenvalue weighted by molar-refractivity contribution is 0.102. The Kier molecular flexibility index (Phi) is 4.17. The van der Waals surface area contributed by atoms with Gasteiger partial charge < -0.3 is 10.0 Å². The number of nitrogens with one attached hydrogen (secondary N) is 1. The summed E-state index contributed by atoms with van der Waals surface area (Å²) in [6.45, 7) is 1.71. The largest absolute Gasteiger partial charge is 0.393 e. The number of anilines is 2. The number of aliphatic hydroxyl groups excluding tert-OH is 1. The number of piperidine rings is 1. The number of thiazole rings is 1. The second-order valence-corrected chi connectivity index (χ2v) is 5.95. The molecule has 110 valence electrons. The third-order valence-electron chi connectivity index (χ3n) is 3.61. The Morgan fingerprint density at radius 3 is 2.62 bits per heavy atom. The van der Waals surface area contributed by atoms with Crippen LogP contribution in [-0.4, -0.2) is 35.2 Å². The average molecular weight is 303 g/mol. The molecule has 6 heteroatoms. The van der Waals surface area contributed by atoms with Gasteiger partial charge in [-0.3, -0.25) is 10.1 Å². The topological polar surface area (TPSA) is 65.5 Å². The Bertz CT molecular complexity index is 590. The van der Waals surface area contributed by atoms with Gasteiger partial charge in [-0.15, -0.1) is 11.3 Å². The first-order valence-corrected chi connectivity index (χ1v) is 7.84. The highest BCUT2D eigenvalue weighted by atomic mass is 32.1. The number of hydrogen-bond donors (Lipinski definition) is 2. The molecule has 21 heavy (non-hydrogen) atoms. The molecule has 0 atom stereocenters. The van der Waals surface area contributed by atoms with Crippen molar-refractivity contribution < 1.29 is 9.90 Å². The highest BCUT2D eigenvalue weighted by Crippen LogP contribution is 2.21. The van der Waals surface area contributed by atoms with E-state index in [-0.39, 0.29) is 12.0 Å². The zero-order valence-corrected chi connectivity index (χ0v) is 12.3. The normalized spacial score (nSPS) is 16.0. The Morgan fingerprint density at radius 2 is 2.00 bits per heavy atom. The summed E-state index contributed by atoms with van der Waals surface area (Å²) >= 11 is 1.40. The van der Waals surface area contributed by atoms with Gasteiger partial charge in [0.15, 0.2) is 5.13 Å². The third-order valence-corrected chi connectivity index (χ3v) is 4.30. The Morgan fingerprint density at radius 1 is 1.29 bits per heavy atom. The molecule has 0 aliphatic carbocycles. The molecule has 0 unspecified atom stereocenters. The van der Waals surface area contributed by atoms with E-state index in [0.29, 0.717) is 10.7 Å². The highest BCUT2D eigenvalue weighted by molar-refractivity contribution is 7.13. The van der Waals surface area contributed by atoms with Crippen LogP contribution in [0.2, 0.25) is 0 Å². The van der Waals surface area contributed by atoms with Crippen LogP contribution in [0.15, 0.2) is 35.8 Å². The summed E-state index contributed by atoms with van der Waals surface area (Å²) in [5.74, 6) is -0.148. The van der Waals surface area contributed by atoms with Gasteiger partial charge in [-0.1, -0.05) is 0 Å². The number of nitrogens with zero attached hydrogens (tertiary/aromatic N) is 2. The molecule has 2 aromatic rings. The van der Waals surface area contributed by atoms with Gasteiger partial charge in [-0.25, -0.2) is 4.98 Å². The van der Waals surface area contributed by atoms with E-state index in [2.05, 4.69) is 15.2 Å². The fraction of sp³-hybridized carbons (Fsp3) is 0.333. The van der Waals surface area contributed by atoms with E-state index in [4.69, 9.17) is 0 Å². The molecular formula is C15H17N3O2S. The Labute approximate surface area is 127 Å². The molecule has 5 nitrogen and oxygen atoms in total. The third kappa shape index (κ3) is 3.40. The maximum atomic E-state index is 12.1. The molecule has 1 aromatic carbocycles. The summed E-state index contributed by atoms with van der Waals surface area (Å²) in [5, 5.41) is 14.7. The Hall–Kier alpha value is -1.92. The molecular weight excluding hydrogens is 286 g/mol. The lowest BCUT2D eigenvalue weighted by Crippen LogP contribution is -2.35. The minimum absolute atomic E-state index is 0.148. The van der Waals surface area contributed by atoms with E-state index in [1.54, 1.807) is 6.20 Å². The van der Waals surface area contributed by atoms with Crippen molar-refractivity contribution in [1.82, 2.24) is 4.98 Å². The zero-order valence-electron chi connectivity index (χ0n) is 11.5. The van der Waals surface area contributed by atoms with Crippen molar-refractivity contribution in [3.05, 3.63) is 41.4 Å². The van der Waals surface area contributed by atoms with Gasteiger partial charge in [0, 0.05) is 35.9 Å². The van der Waals surface area contributed by atoms with Crippen molar-refractivity contribution in [2.45, 2.75) is 18.9 Å². The number of amides is 1. The van der Waals surface area contributed by atoms with Gasteiger partial charge in [-0.05, 0) is 37.1 Å². The second-order valence-electron chi connectivity index (χ2n) is 5.06. The van der Waals surface area contributed by atoms with Crippen LogP contribution in [-0.2, 0) is 0 Å². The standard InChI is InChI=1S/C15H17N3O2S/c19-13-5-8-18(9-6-13)12-3-1-11(2-4-12)14(20)17-15-16-7-10-21-15/h1-4,7,10,13,19H,5-6,8-9H2,(H,16,17,20). The number of hydrogen-bond acceptors (Lipinski definition) is 5. The second kappa shape index (κ2) is 6.24. The molecule has 2 heterocycles. The minimum Gasteiger partial charge on any atom is -0.393 e. The monoisotopic (exact) mass is 303 g/mol. The fourth-order valence-electron chi connectivity index (χ4n) is 2.40. The molecule has 0 saturated carbocycles. The average Bonchev–Trinajstić information content (AvgIpc) is 3.01. The van der Waals surface area contributed by atoms with Crippen LogP contribution in [0.5, 0.6) is 0 Å². The van der Waals surface area contributed by atoms with Crippen molar-refractivity contribution in [3.8, 4) is 0 Å². The summed E-state index contributed by atoms with van der Waals surface area (Å²) in [6, 6.07) is 7.55. The summed E-state index contributed by atoms with van der Waals surface area (Å²) in [4.78, 5) is 18.3. The van der Waals surface area contributed by atoms with Crippen molar-refractivity contribution in [2.75, 3.05) is 23.3 Å². The first-order valence-electron chi connectivity index (χ1n) is 6.96. The first kappa shape index (κ1) is 14.0. The number of aromatic nitrogens is 1. The van der Waals surface area contributed by atoms with Crippen LogP contribution in [0.1, 0.15) is 23.2 Å². The quantitative estimate of drug-likeness (QED) is 0.913. The van der Waals surface area contributed by atoms with Crippen LogP contribution in [0.4, 0.5) is 10.8 Å². The van der Waals surface area contributed by atoms with Crippen LogP contribution in [0, 0.1) is 0 Å². The molecule has 1 fully saturated rings. The SMILES string of the molecule is O=C(Nc1nccs1)c1ccc(N2CCC(O)CC2)cc1. The molecule has 1 aliphatic rings. The smallest absolute Gasteiger partial charge is 0.257 e. The number of rotatable bonds is 3. The van der Waals surface area contributed by atoms with Crippen LogP contribution in [0.25, 0.3) is 0 Å². The molecule has 0 spiro atoms. The molecule has 0 bridgehead atoms. The molecule has 1 aliphatic heterocycles. The molecule has 3 rings (SSSR count). The van der Waals surface area contributed by atoms with Gasteiger partial charge in [0.25, 0.3) is 5.91 Å². The minimum atomic E-state index is -0.176. The van der Waals surface area contributed by atoms with E-state index in [0.717, 1.165) is 31.6 Å². The van der Waals surface area contributed by atoms with E-state index >= 15 is 0 Å². The lowest BCUT2D eigenvalue weighted by Gasteiger charge is -2.31. The summed E-state index contributed by atoms with van der Waals surface area (Å²) < 4.78 is 0. The number of carbonyl (C=O) groups excluding carboxylic acids is 1. The first-order chi connectivity index (χ1) is 10.2. The van der Waals surface area contributed by atoms with Gasteiger partial charge >= 0.3 is 0 Å². The van der Waals surface area contributed by atoms with Crippen molar-refractivity contribution >= 4 is 28.1 Å². The maximum Gasteiger partial charge on any atom is 0.257 e. The maximum absolute atomic E-state index is 12.1. The summed E-state index contributed by atoms with van der Waals surface area (Å²) in [5.41, 5.74) is 1.71. The lowest BCUT2D eigenvalue weighted by atomic mass is 10.1. The van der Waals surface area contributed by atoms with Gasteiger partial charge in [-0.2, -0.15) is 0 Å². The van der Waals surface area contributed by atoms with E-state index in [1.165, 1.54) is 11.3 Å². The van der Waals surface area contributed by atoms with Crippen molar-refractivity contribution in [3.63, 3.8) is 0 Å². The number of aliphatic hydroxyl groups is 1. The Balaban J connectivity index is 1.65. The molecule has 1 saturated heterocycles. The molecule has 1 aromatic heterocycles. The van der Waals surface area contributed by atoms with E-state index in [9.17, 15) is 9.90 Å². The van der Waals surface area contributed by atoms with Crippen molar-refractivity contribution in [1.29, 1.82) is 0 Å². The number of benzene rings is 1. The number of carbonyl (C=O) groups is 1.